The Hall–Kier alpha value is -3.82. The van der Waals surface area contributed by atoms with Crippen LogP contribution in [0, 0.1) is 0 Å². The lowest BCUT2D eigenvalue weighted by Gasteiger charge is -2.12. The van der Waals surface area contributed by atoms with Gasteiger partial charge in [0, 0.05) is 18.1 Å². The third-order valence-corrected chi connectivity index (χ3v) is 6.16. The van der Waals surface area contributed by atoms with Gasteiger partial charge in [-0.15, -0.1) is 0 Å². The van der Waals surface area contributed by atoms with Gasteiger partial charge >= 0.3 is 0 Å². The van der Waals surface area contributed by atoms with Gasteiger partial charge in [-0.05, 0) is 47.9 Å². The normalized spacial score (nSPS) is 11.4. The maximum absolute atomic E-state index is 13.2. The van der Waals surface area contributed by atoms with Gasteiger partial charge in [0.1, 0.15) is 11.2 Å². The van der Waals surface area contributed by atoms with E-state index < -0.39 is 21.5 Å². The van der Waals surface area contributed by atoms with E-state index in [4.69, 9.17) is 5.14 Å². The van der Waals surface area contributed by atoms with Crippen LogP contribution in [0.25, 0.3) is 11.0 Å². The molecule has 0 radical (unpaired) electrons. The van der Waals surface area contributed by atoms with E-state index in [0.717, 1.165) is 11.1 Å². The van der Waals surface area contributed by atoms with Gasteiger partial charge < -0.3 is 5.32 Å². The Morgan fingerprint density at radius 1 is 0.970 bits per heavy atom. The van der Waals surface area contributed by atoms with Crippen molar-refractivity contribution in [2.75, 3.05) is 6.54 Å². The number of carbonyl (C=O) groups excluding carboxylic acids is 1. The Kier molecular flexibility index (Phi) is 6.34. The van der Waals surface area contributed by atoms with Crippen LogP contribution in [0.15, 0.2) is 88.7 Å². The quantitative estimate of drug-likeness (QED) is 0.435. The highest BCUT2D eigenvalue weighted by molar-refractivity contribution is 7.89. The van der Waals surface area contributed by atoms with Crippen LogP contribution < -0.4 is 16.0 Å². The molecule has 9 heteroatoms. The summed E-state index contributed by atoms with van der Waals surface area (Å²) in [6, 6.07) is 20.8. The van der Waals surface area contributed by atoms with E-state index in [1.54, 1.807) is 30.5 Å². The first kappa shape index (κ1) is 22.4. The first-order chi connectivity index (χ1) is 15.8. The van der Waals surface area contributed by atoms with Gasteiger partial charge in [-0.3, -0.25) is 14.2 Å². The average Bonchev–Trinajstić information content (AvgIpc) is 2.81. The Bertz CT molecular complexity index is 1460. The Morgan fingerprint density at radius 2 is 1.70 bits per heavy atom. The number of nitrogens with one attached hydrogen (secondary N) is 1. The molecule has 0 unspecified atom stereocenters. The first-order valence-electron chi connectivity index (χ1n) is 10.3. The van der Waals surface area contributed by atoms with Crippen molar-refractivity contribution in [3.63, 3.8) is 0 Å². The maximum Gasteiger partial charge on any atom is 0.265 e. The number of nitrogens with zero attached hydrogens (tertiary/aromatic N) is 2. The van der Waals surface area contributed by atoms with Crippen LogP contribution in [0.5, 0.6) is 0 Å². The summed E-state index contributed by atoms with van der Waals surface area (Å²) < 4.78 is 24.2. The van der Waals surface area contributed by atoms with Crippen LogP contribution in [0.3, 0.4) is 0 Å². The van der Waals surface area contributed by atoms with Gasteiger partial charge in [0.05, 0.1) is 11.4 Å². The number of hydrogen-bond donors (Lipinski definition) is 2. The van der Waals surface area contributed by atoms with Crippen LogP contribution in [-0.4, -0.2) is 30.4 Å². The highest BCUT2D eigenvalue weighted by atomic mass is 32.2. The van der Waals surface area contributed by atoms with Crippen molar-refractivity contribution in [2.24, 2.45) is 5.14 Å². The van der Waals surface area contributed by atoms with E-state index in [2.05, 4.69) is 10.3 Å². The molecule has 0 fully saturated rings. The predicted octanol–water partition coefficient (Wildman–Crippen LogP) is 2.06. The number of hydrogen-bond acceptors (Lipinski definition) is 5. The Labute approximate surface area is 190 Å². The van der Waals surface area contributed by atoms with Crippen LogP contribution in [0.1, 0.15) is 21.5 Å². The van der Waals surface area contributed by atoms with Crippen molar-refractivity contribution < 1.29 is 13.2 Å². The van der Waals surface area contributed by atoms with E-state index in [0.29, 0.717) is 24.0 Å². The molecule has 168 valence electrons. The molecule has 0 saturated heterocycles. The van der Waals surface area contributed by atoms with E-state index in [-0.39, 0.29) is 17.0 Å². The summed E-state index contributed by atoms with van der Waals surface area (Å²) in [7, 11) is -3.75. The number of nitrogens with two attached hydrogens (primary N) is 1. The summed E-state index contributed by atoms with van der Waals surface area (Å²) in [4.78, 5) is 30.4. The van der Waals surface area contributed by atoms with E-state index >= 15 is 0 Å². The van der Waals surface area contributed by atoms with Crippen molar-refractivity contribution in [1.82, 2.24) is 14.9 Å². The molecule has 33 heavy (non-hydrogen) atoms. The number of rotatable bonds is 7. The smallest absolute Gasteiger partial charge is 0.265 e. The first-order valence-corrected chi connectivity index (χ1v) is 11.8. The molecule has 2 heterocycles. The van der Waals surface area contributed by atoms with Gasteiger partial charge in [-0.1, -0.05) is 42.5 Å². The summed E-state index contributed by atoms with van der Waals surface area (Å²) in [6.45, 7) is 0.571. The molecule has 0 atom stereocenters. The molecule has 8 nitrogen and oxygen atoms in total. The summed E-state index contributed by atoms with van der Waals surface area (Å²) in [5.74, 6) is -0.478. The van der Waals surface area contributed by atoms with Crippen LogP contribution >= 0.6 is 0 Å². The second-order valence-electron chi connectivity index (χ2n) is 7.55. The molecular weight excluding hydrogens is 440 g/mol. The SMILES string of the molecule is NS(=O)(=O)c1ccc(CCNC(=O)c2cc3cccnc3n(Cc3ccccc3)c2=O)cc1. The van der Waals surface area contributed by atoms with Crippen LogP contribution in [0.4, 0.5) is 0 Å². The summed E-state index contributed by atoms with van der Waals surface area (Å²) in [5, 5.41) is 8.57. The Balaban J connectivity index is 1.54. The molecule has 3 N–H and O–H groups in total. The summed E-state index contributed by atoms with van der Waals surface area (Å²) >= 11 is 0. The Morgan fingerprint density at radius 3 is 2.39 bits per heavy atom. The molecule has 1 amide bonds. The highest BCUT2D eigenvalue weighted by Gasteiger charge is 2.16. The molecule has 0 spiro atoms. The summed E-state index contributed by atoms with van der Waals surface area (Å²) in [5.41, 5.74) is 1.88. The number of aromatic nitrogens is 2. The number of carbonyl (C=O) groups is 1. The van der Waals surface area contributed by atoms with E-state index in [9.17, 15) is 18.0 Å². The topological polar surface area (TPSA) is 124 Å². The molecule has 0 saturated carbocycles. The second-order valence-corrected chi connectivity index (χ2v) is 9.11. The highest BCUT2D eigenvalue weighted by Crippen LogP contribution is 2.13. The van der Waals surface area contributed by atoms with E-state index in [1.807, 2.05) is 36.4 Å². The lowest BCUT2D eigenvalue weighted by Crippen LogP contribution is -2.34. The van der Waals surface area contributed by atoms with Gasteiger partial charge in [0.2, 0.25) is 10.0 Å². The number of amides is 1. The fraction of sp³-hybridized carbons (Fsp3) is 0.125. The molecule has 2 aromatic carbocycles. The number of benzene rings is 2. The van der Waals surface area contributed by atoms with Crippen LogP contribution in [0.2, 0.25) is 0 Å². The van der Waals surface area contributed by atoms with Crippen molar-refractivity contribution in [3.05, 3.63) is 106 Å². The van der Waals surface area contributed by atoms with Crippen molar-refractivity contribution >= 4 is 27.0 Å². The zero-order chi connectivity index (χ0) is 23.4. The second kappa shape index (κ2) is 9.35. The molecule has 4 aromatic rings. The maximum atomic E-state index is 13.2. The van der Waals surface area contributed by atoms with Crippen molar-refractivity contribution in [2.45, 2.75) is 17.9 Å². The molecule has 2 aromatic heterocycles. The standard InChI is InChI=1S/C24H22N4O4S/c25-33(31,32)20-10-8-17(9-11-20)12-14-27-23(29)21-15-19-7-4-13-26-22(19)28(24(21)30)16-18-5-2-1-3-6-18/h1-11,13,15H,12,14,16H2,(H,27,29)(H2,25,31,32). The van der Waals surface area contributed by atoms with Crippen LogP contribution in [-0.2, 0) is 23.0 Å². The minimum Gasteiger partial charge on any atom is -0.352 e. The number of sulfonamides is 1. The number of pyridine rings is 2. The van der Waals surface area contributed by atoms with Crippen molar-refractivity contribution in [3.8, 4) is 0 Å². The number of fused-ring (bicyclic) bond motifs is 1. The van der Waals surface area contributed by atoms with Gasteiger partial charge in [0.25, 0.3) is 11.5 Å². The lowest BCUT2D eigenvalue weighted by molar-refractivity contribution is 0.0952. The summed E-state index contributed by atoms with van der Waals surface area (Å²) in [6.07, 6.45) is 2.08. The predicted molar refractivity (Wildman–Crippen MR) is 125 cm³/mol. The third-order valence-electron chi connectivity index (χ3n) is 5.23. The van der Waals surface area contributed by atoms with Crippen molar-refractivity contribution in [1.29, 1.82) is 0 Å². The van der Waals surface area contributed by atoms with E-state index in [1.165, 1.54) is 16.7 Å². The lowest BCUT2D eigenvalue weighted by atomic mass is 10.1. The molecule has 0 aliphatic heterocycles. The minimum absolute atomic E-state index is 0.0269. The molecule has 4 rings (SSSR count). The van der Waals surface area contributed by atoms with Gasteiger partial charge in [0.15, 0.2) is 0 Å². The molecule has 0 bridgehead atoms. The monoisotopic (exact) mass is 462 g/mol. The van der Waals surface area contributed by atoms with Gasteiger partial charge in [-0.25, -0.2) is 18.5 Å². The largest absolute Gasteiger partial charge is 0.352 e. The zero-order valence-electron chi connectivity index (χ0n) is 17.6. The fourth-order valence-corrected chi connectivity index (χ4v) is 4.06. The average molecular weight is 463 g/mol. The number of primary sulfonamides is 1. The molecular formula is C24H22N4O4S. The molecule has 0 aliphatic rings. The fourth-order valence-electron chi connectivity index (χ4n) is 3.54. The van der Waals surface area contributed by atoms with Gasteiger partial charge in [-0.2, -0.15) is 0 Å². The third kappa shape index (κ3) is 5.16. The minimum atomic E-state index is -3.75. The molecule has 0 aliphatic carbocycles. The zero-order valence-corrected chi connectivity index (χ0v) is 18.5.